The fourth-order valence-electron chi connectivity index (χ4n) is 1.54. The van der Waals surface area contributed by atoms with Crippen molar-refractivity contribution in [3.63, 3.8) is 0 Å². The van der Waals surface area contributed by atoms with E-state index in [1.165, 1.54) is 18.2 Å². The zero-order valence-corrected chi connectivity index (χ0v) is 11.2. The third-order valence-corrected chi connectivity index (χ3v) is 2.43. The molecule has 0 saturated carbocycles. The average molecular weight is 294 g/mol. The van der Waals surface area contributed by atoms with Crippen molar-refractivity contribution < 1.29 is 34.1 Å². The second-order valence-corrected chi connectivity index (χ2v) is 4.05. The molecule has 0 aliphatic carbocycles. The molecule has 0 aliphatic heterocycles. The SMILES string of the molecule is C=CC(=O)OCC(C)Oc1cccc(C(=O)O)c1C(=O)O. The number of aromatic carboxylic acids is 2. The predicted octanol–water partition coefficient (Wildman–Crippen LogP) is 1.58. The van der Waals surface area contributed by atoms with Crippen molar-refractivity contribution in [1.29, 1.82) is 0 Å². The van der Waals surface area contributed by atoms with E-state index in [0.717, 1.165) is 6.08 Å². The van der Waals surface area contributed by atoms with Gasteiger partial charge < -0.3 is 19.7 Å². The highest BCUT2D eigenvalue weighted by atomic mass is 16.6. The molecule has 7 nitrogen and oxygen atoms in total. The molecule has 0 spiro atoms. The van der Waals surface area contributed by atoms with E-state index in [1.54, 1.807) is 6.92 Å². The van der Waals surface area contributed by atoms with Crippen LogP contribution in [0.4, 0.5) is 0 Å². The van der Waals surface area contributed by atoms with E-state index >= 15 is 0 Å². The summed E-state index contributed by atoms with van der Waals surface area (Å²) in [6.45, 7) is 4.66. The number of carbonyl (C=O) groups excluding carboxylic acids is 1. The molecule has 0 bridgehead atoms. The maximum Gasteiger partial charge on any atom is 0.340 e. The van der Waals surface area contributed by atoms with Crippen LogP contribution in [0.25, 0.3) is 0 Å². The molecule has 0 fully saturated rings. The van der Waals surface area contributed by atoms with Crippen LogP contribution in [0.1, 0.15) is 27.6 Å². The average Bonchev–Trinajstić information content (AvgIpc) is 2.44. The molecular weight excluding hydrogens is 280 g/mol. The lowest BCUT2D eigenvalue weighted by Gasteiger charge is -2.16. The van der Waals surface area contributed by atoms with Gasteiger partial charge >= 0.3 is 17.9 Å². The van der Waals surface area contributed by atoms with Crippen LogP contribution < -0.4 is 4.74 Å². The summed E-state index contributed by atoms with van der Waals surface area (Å²) in [7, 11) is 0. The molecule has 7 heteroatoms. The number of esters is 1. The number of carboxylic acid groups (broad SMARTS) is 2. The van der Waals surface area contributed by atoms with Crippen molar-refractivity contribution in [2.45, 2.75) is 13.0 Å². The van der Waals surface area contributed by atoms with Crippen LogP contribution in [0.5, 0.6) is 5.75 Å². The second-order valence-electron chi connectivity index (χ2n) is 4.05. The summed E-state index contributed by atoms with van der Waals surface area (Å²) >= 11 is 0. The third kappa shape index (κ3) is 4.34. The Morgan fingerprint density at radius 1 is 1.29 bits per heavy atom. The fraction of sp³-hybridized carbons (Fsp3) is 0.214. The number of rotatable bonds is 7. The molecule has 21 heavy (non-hydrogen) atoms. The Kier molecular flexibility index (Phi) is 5.48. The van der Waals surface area contributed by atoms with Crippen molar-refractivity contribution >= 4 is 17.9 Å². The maximum atomic E-state index is 11.2. The van der Waals surface area contributed by atoms with Gasteiger partial charge in [0.25, 0.3) is 0 Å². The lowest BCUT2D eigenvalue weighted by atomic mass is 10.1. The molecule has 0 radical (unpaired) electrons. The van der Waals surface area contributed by atoms with Crippen molar-refractivity contribution in [2.75, 3.05) is 6.61 Å². The zero-order valence-electron chi connectivity index (χ0n) is 11.2. The van der Waals surface area contributed by atoms with Gasteiger partial charge in [0.15, 0.2) is 0 Å². The normalized spacial score (nSPS) is 11.3. The minimum Gasteiger partial charge on any atom is -0.486 e. The topological polar surface area (TPSA) is 110 Å². The molecule has 1 aromatic rings. The van der Waals surface area contributed by atoms with E-state index in [-0.39, 0.29) is 17.9 Å². The quantitative estimate of drug-likeness (QED) is 0.580. The van der Waals surface area contributed by atoms with Crippen LogP contribution >= 0.6 is 0 Å². The highest BCUT2D eigenvalue weighted by molar-refractivity contribution is 6.03. The Labute approximate surface area is 120 Å². The van der Waals surface area contributed by atoms with Crippen molar-refractivity contribution in [1.82, 2.24) is 0 Å². The van der Waals surface area contributed by atoms with Crippen LogP contribution in [0, 0.1) is 0 Å². The molecule has 0 aromatic heterocycles. The smallest absolute Gasteiger partial charge is 0.340 e. The number of ether oxygens (including phenoxy) is 2. The molecule has 0 saturated heterocycles. The fourth-order valence-corrected chi connectivity index (χ4v) is 1.54. The summed E-state index contributed by atoms with van der Waals surface area (Å²) < 4.78 is 10.1. The summed E-state index contributed by atoms with van der Waals surface area (Å²) in [4.78, 5) is 33.1. The van der Waals surface area contributed by atoms with Gasteiger partial charge in [-0.1, -0.05) is 12.6 Å². The number of carbonyl (C=O) groups is 3. The van der Waals surface area contributed by atoms with Gasteiger partial charge in [-0.2, -0.15) is 0 Å². The van der Waals surface area contributed by atoms with Crippen LogP contribution in [0.3, 0.4) is 0 Å². The van der Waals surface area contributed by atoms with Crippen LogP contribution in [-0.4, -0.2) is 40.8 Å². The number of hydrogen-bond acceptors (Lipinski definition) is 5. The molecular formula is C14H14O7. The standard InChI is InChI=1S/C14H14O7/c1-3-11(15)20-7-8(2)21-10-6-4-5-9(13(16)17)12(10)14(18)19/h3-6,8H,1,7H2,2H3,(H,16,17)(H,18,19). The van der Waals surface area contributed by atoms with Gasteiger partial charge in [0, 0.05) is 6.08 Å². The lowest BCUT2D eigenvalue weighted by Crippen LogP contribution is -2.22. The predicted molar refractivity (Wildman–Crippen MR) is 71.6 cm³/mol. The first-order chi connectivity index (χ1) is 9.86. The minimum absolute atomic E-state index is 0.107. The number of carboxylic acids is 2. The molecule has 0 heterocycles. The van der Waals surface area contributed by atoms with E-state index < -0.39 is 29.6 Å². The van der Waals surface area contributed by atoms with Gasteiger partial charge in [0.2, 0.25) is 0 Å². The summed E-state index contributed by atoms with van der Waals surface area (Å²) in [6.07, 6.45) is 0.330. The van der Waals surface area contributed by atoms with E-state index in [4.69, 9.17) is 19.7 Å². The highest BCUT2D eigenvalue weighted by Crippen LogP contribution is 2.24. The molecule has 1 aromatic carbocycles. The van der Waals surface area contributed by atoms with Crippen molar-refractivity contribution in [3.05, 3.63) is 42.0 Å². The molecule has 112 valence electrons. The van der Waals surface area contributed by atoms with Gasteiger partial charge in [0.05, 0.1) is 5.56 Å². The monoisotopic (exact) mass is 294 g/mol. The highest BCUT2D eigenvalue weighted by Gasteiger charge is 2.22. The lowest BCUT2D eigenvalue weighted by molar-refractivity contribution is -0.139. The first kappa shape index (κ1) is 16.2. The van der Waals surface area contributed by atoms with Gasteiger partial charge in [0.1, 0.15) is 24.0 Å². The first-order valence-corrected chi connectivity index (χ1v) is 5.92. The van der Waals surface area contributed by atoms with Gasteiger partial charge in [-0.3, -0.25) is 0 Å². The third-order valence-electron chi connectivity index (χ3n) is 2.43. The van der Waals surface area contributed by atoms with E-state index in [2.05, 4.69) is 6.58 Å². The maximum absolute atomic E-state index is 11.2. The summed E-state index contributed by atoms with van der Waals surface area (Å²) in [5.41, 5.74) is -0.831. The molecule has 1 unspecified atom stereocenters. The minimum atomic E-state index is -1.42. The van der Waals surface area contributed by atoms with E-state index in [0.29, 0.717) is 0 Å². The van der Waals surface area contributed by atoms with Crippen LogP contribution in [0.15, 0.2) is 30.9 Å². The Morgan fingerprint density at radius 3 is 2.48 bits per heavy atom. The van der Waals surface area contributed by atoms with E-state index in [9.17, 15) is 14.4 Å². The summed E-state index contributed by atoms with van der Waals surface area (Å²) in [5.74, 6) is -3.53. The Morgan fingerprint density at radius 2 is 1.95 bits per heavy atom. The van der Waals surface area contributed by atoms with Crippen LogP contribution in [0.2, 0.25) is 0 Å². The molecule has 0 amide bonds. The second kappa shape index (κ2) is 7.09. The molecule has 0 aliphatic rings. The number of benzene rings is 1. The van der Waals surface area contributed by atoms with Crippen molar-refractivity contribution in [2.24, 2.45) is 0 Å². The van der Waals surface area contributed by atoms with Gasteiger partial charge in [-0.25, -0.2) is 14.4 Å². The summed E-state index contributed by atoms with van der Waals surface area (Å²) in [5, 5.41) is 18.1. The van der Waals surface area contributed by atoms with E-state index in [1.807, 2.05) is 0 Å². The van der Waals surface area contributed by atoms with Gasteiger partial charge in [-0.05, 0) is 19.1 Å². The van der Waals surface area contributed by atoms with Crippen molar-refractivity contribution in [3.8, 4) is 5.75 Å². The largest absolute Gasteiger partial charge is 0.486 e. The molecule has 1 rings (SSSR count). The summed E-state index contributed by atoms with van der Waals surface area (Å²) in [6, 6.07) is 3.87. The number of hydrogen-bond donors (Lipinski definition) is 2. The van der Waals surface area contributed by atoms with Crippen LogP contribution in [-0.2, 0) is 9.53 Å². The Bertz CT molecular complexity index is 577. The first-order valence-electron chi connectivity index (χ1n) is 5.92. The molecule has 2 N–H and O–H groups in total. The Balaban J connectivity index is 2.95. The zero-order chi connectivity index (χ0) is 16.0. The molecule has 1 atom stereocenters. The van der Waals surface area contributed by atoms with Gasteiger partial charge in [-0.15, -0.1) is 0 Å². The Hall–Kier alpha value is -2.83.